The summed E-state index contributed by atoms with van der Waals surface area (Å²) in [6.07, 6.45) is 9.07. The van der Waals surface area contributed by atoms with Crippen LogP contribution in [0, 0.1) is 5.92 Å². The SMILES string of the molecule is CCC1CCCC(S(=O)c2ccncc2N)C1. The first-order chi connectivity index (χ1) is 8.22. The summed E-state index contributed by atoms with van der Waals surface area (Å²) in [6.45, 7) is 2.22. The van der Waals surface area contributed by atoms with Gasteiger partial charge in [0.2, 0.25) is 0 Å². The van der Waals surface area contributed by atoms with E-state index in [9.17, 15) is 4.21 Å². The molecule has 94 valence electrons. The molecule has 0 spiro atoms. The Morgan fingerprint density at radius 1 is 1.53 bits per heavy atom. The molecule has 0 saturated heterocycles. The van der Waals surface area contributed by atoms with Gasteiger partial charge in [-0.25, -0.2) is 0 Å². The fourth-order valence-corrected chi connectivity index (χ4v) is 4.23. The van der Waals surface area contributed by atoms with E-state index in [1.807, 2.05) is 0 Å². The first kappa shape index (κ1) is 12.6. The molecule has 0 bridgehead atoms. The van der Waals surface area contributed by atoms with E-state index in [0.717, 1.165) is 23.7 Å². The third-order valence-corrected chi connectivity index (χ3v) is 5.48. The highest BCUT2D eigenvalue weighted by molar-refractivity contribution is 7.85. The van der Waals surface area contributed by atoms with Crippen LogP contribution in [0.3, 0.4) is 0 Å². The number of rotatable bonds is 3. The van der Waals surface area contributed by atoms with Crippen LogP contribution in [0.1, 0.15) is 39.0 Å². The molecule has 0 radical (unpaired) electrons. The normalized spacial score (nSPS) is 26.6. The molecule has 2 N–H and O–H groups in total. The first-order valence-electron chi connectivity index (χ1n) is 6.32. The van der Waals surface area contributed by atoms with Gasteiger partial charge in [-0.15, -0.1) is 0 Å². The summed E-state index contributed by atoms with van der Waals surface area (Å²) in [7, 11) is -0.969. The number of anilines is 1. The predicted octanol–water partition coefficient (Wildman–Crippen LogP) is 2.74. The van der Waals surface area contributed by atoms with E-state index >= 15 is 0 Å². The quantitative estimate of drug-likeness (QED) is 0.900. The summed E-state index contributed by atoms with van der Waals surface area (Å²) in [5.74, 6) is 0.737. The molecule has 1 aliphatic rings. The van der Waals surface area contributed by atoms with Crippen molar-refractivity contribution in [2.75, 3.05) is 5.73 Å². The smallest absolute Gasteiger partial charge is 0.0664 e. The van der Waals surface area contributed by atoms with Crippen LogP contribution >= 0.6 is 0 Å². The van der Waals surface area contributed by atoms with Gasteiger partial charge >= 0.3 is 0 Å². The van der Waals surface area contributed by atoms with Crippen molar-refractivity contribution >= 4 is 16.5 Å². The minimum Gasteiger partial charge on any atom is -0.396 e. The van der Waals surface area contributed by atoms with Crippen LogP contribution in [0.2, 0.25) is 0 Å². The molecule has 0 aromatic carbocycles. The van der Waals surface area contributed by atoms with Crippen molar-refractivity contribution in [1.29, 1.82) is 0 Å². The van der Waals surface area contributed by atoms with E-state index in [0.29, 0.717) is 5.69 Å². The average molecular weight is 252 g/mol. The maximum Gasteiger partial charge on any atom is 0.0664 e. The second kappa shape index (κ2) is 5.63. The Morgan fingerprint density at radius 3 is 3.06 bits per heavy atom. The van der Waals surface area contributed by atoms with E-state index in [1.165, 1.54) is 19.3 Å². The number of nitrogens with zero attached hydrogens (tertiary/aromatic N) is 1. The Kier molecular flexibility index (Phi) is 4.15. The number of hydrogen-bond acceptors (Lipinski definition) is 3. The van der Waals surface area contributed by atoms with Crippen molar-refractivity contribution in [2.24, 2.45) is 5.92 Å². The molecule has 3 nitrogen and oxygen atoms in total. The molecular weight excluding hydrogens is 232 g/mol. The van der Waals surface area contributed by atoms with Gasteiger partial charge in [0.15, 0.2) is 0 Å². The molecule has 1 fully saturated rings. The average Bonchev–Trinajstić information content (AvgIpc) is 2.38. The summed E-state index contributed by atoms with van der Waals surface area (Å²) in [5.41, 5.74) is 6.40. The highest BCUT2D eigenvalue weighted by Gasteiger charge is 2.26. The Balaban J connectivity index is 2.12. The second-order valence-corrected chi connectivity index (χ2v) is 6.48. The maximum atomic E-state index is 12.5. The lowest BCUT2D eigenvalue weighted by atomic mass is 9.87. The van der Waals surface area contributed by atoms with Gasteiger partial charge in [0.05, 0.1) is 27.6 Å². The molecule has 17 heavy (non-hydrogen) atoms. The number of aromatic nitrogens is 1. The van der Waals surface area contributed by atoms with Crippen molar-refractivity contribution in [3.63, 3.8) is 0 Å². The van der Waals surface area contributed by atoms with Crippen LogP contribution in [0.15, 0.2) is 23.4 Å². The molecule has 0 amide bonds. The molecule has 1 heterocycles. The van der Waals surface area contributed by atoms with Crippen LogP contribution in [0.25, 0.3) is 0 Å². The van der Waals surface area contributed by atoms with Crippen LogP contribution in [0.4, 0.5) is 5.69 Å². The lowest BCUT2D eigenvalue weighted by molar-refractivity contribution is 0.353. The van der Waals surface area contributed by atoms with Gasteiger partial charge in [-0.1, -0.05) is 26.2 Å². The number of nitrogens with two attached hydrogens (primary N) is 1. The molecule has 2 rings (SSSR count). The van der Waals surface area contributed by atoms with Gasteiger partial charge in [0.25, 0.3) is 0 Å². The third-order valence-electron chi connectivity index (χ3n) is 3.64. The van der Waals surface area contributed by atoms with Crippen LogP contribution in [-0.4, -0.2) is 14.4 Å². The van der Waals surface area contributed by atoms with E-state index in [1.54, 1.807) is 18.5 Å². The van der Waals surface area contributed by atoms with Gasteiger partial charge in [0.1, 0.15) is 0 Å². The number of nitrogen functional groups attached to an aromatic ring is 1. The van der Waals surface area contributed by atoms with Crippen molar-refractivity contribution < 1.29 is 4.21 Å². The fourth-order valence-electron chi connectivity index (χ4n) is 2.56. The molecule has 1 aromatic rings. The summed E-state index contributed by atoms with van der Waals surface area (Å²) < 4.78 is 12.5. The highest BCUT2D eigenvalue weighted by Crippen LogP contribution is 2.32. The molecule has 1 aliphatic carbocycles. The summed E-state index contributed by atoms with van der Waals surface area (Å²) in [5, 5.41) is 0.276. The topological polar surface area (TPSA) is 56.0 Å². The standard InChI is InChI=1S/C13H20N2OS/c1-2-10-4-3-5-11(8-10)17(16)13-6-7-15-9-12(13)14/h6-7,9-11H,2-5,8,14H2,1H3. The maximum absolute atomic E-state index is 12.5. The van der Waals surface area contributed by atoms with Gasteiger partial charge < -0.3 is 5.73 Å². The summed E-state index contributed by atoms with van der Waals surface area (Å²) >= 11 is 0. The minimum atomic E-state index is -0.969. The van der Waals surface area contributed by atoms with Crippen molar-refractivity contribution in [2.45, 2.75) is 49.2 Å². The van der Waals surface area contributed by atoms with Gasteiger partial charge in [-0.2, -0.15) is 0 Å². The van der Waals surface area contributed by atoms with Gasteiger partial charge in [0, 0.05) is 11.4 Å². The van der Waals surface area contributed by atoms with Gasteiger partial charge in [-0.3, -0.25) is 9.19 Å². The fraction of sp³-hybridized carbons (Fsp3) is 0.615. The molecule has 4 heteroatoms. The largest absolute Gasteiger partial charge is 0.396 e. The molecule has 1 saturated carbocycles. The Morgan fingerprint density at radius 2 is 2.35 bits per heavy atom. The predicted molar refractivity (Wildman–Crippen MR) is 71.1 cm³/mol. The number of pyridine rings is 1. The van der Waals surface area contributed by atoms with E-state index < -0.39 is 10.8 Å². The summed E-state index contributed by atoms with van der Waals surface area (Å²) in [4.78, 5) is 4.71. The van der Waals surface area contributed by atoms with Gasteiger partial charge in [-0.05, 0) is 24.8 Å². The monoisotopic (exact) mass is 252 g/mol. The Bertz CT molecular complexity index is 408. The zero-order chi connectivity index (χ0) is 12.3. The molecular formula is C13H20N2OS. The first-order valence-corrected chi connectivity index (χ1v) is 7.53. The van der Waals surface area contributed by atoms with E-state index in [4.69, 9.17) is 5.73 Å². The van der Waals surface area contributed by atoms with E-state index in [2.05, 4.69) is 11.9 Å². The zero-order valence-electron chi connectivity index (χ0n) is 10.3. The zero-order valence-corrected chi connectivity index (χ0v) is 11.1. The number of hydrogen-bond donors (Lipinski definition) is 1. The molecule has 3 unspecified atom stereocenters. The van der Waals surface area contributed by atoms with Crippen molar-refractivity contribution in [1.82, 2.24) is 4.98 Å². The highest BCUT2D eigenvalue weighted by atomic mass is 32.2. The molecule has 0 aliphatic heterocycles. The Hall–Kier alpha value is -0.900. The van der Waals surface area contributed by atoms with Crippen LogP contribution in [-0.2, 0) is 10.8 Å². The third kappa shape index (κ3) is 2.86. The van der Waals surface area contributed by atoms with E-state index in [-0.39, 0.29) is 5.25 Å². The summed E-state index contributed by atoms with van der Waals surface area (Å²) in [6, 6.07) is 1.79. The molecule has 1 aromatic heterocycles. The Labute approximate surface area is 105 Å². The van der Waals surface area contributed by atoms with Crippen molar-refractivity contribution in [3.05, 3.63) is 18.5 Å². The minimum absolute atomic E-state index is 0.276. The lowest BCUT2D eigenvalue weighted by Gasteiger charge is -2.28. The van der Waals surface area contributed by atoms with Crippen LogP contribution in [0.5, 0.6) is 0 Å². The second-order valence-electron chi connectivity index (χ2n) is 4.77. The molecule has 3 atom stereocenters. The lowest BCUT2D eigenvalue weighted by Crippen LogP contribution is -2.24. The van der Waals surface area contributed by atoms with Crippen LogP contribution < -0.4 is 5.73 Å². The van der Waals surface area contributed by atoms with Crippen molar-refractivity contribution in [3.8, 4) is 0 Å².